The lowest BCUT2D eigenvalue weighted by Gasteiger charge is -2.29. The Morgan fingerprint density at radius 3 is 2.76 bits per heavy atom. The van der Waals surface area contributed by atoms with Gasteiger partial charge in [-0.3, -0.25) is 4.90 Å². The third-order valence-corrected chi connectivity index (χ3v) is 7.85. The second-order valence-electron chi connectivity index (χ2n) is 9.36. The van der Waals surface area contributed by atoms with Gasteiger partial charge in [-0.2, -0.15) is 0 Å². The van der Waals surface area contributed by atoms with Crippen LogP contribution in [0, 0.1) is 0 Å². The number of rotatable bonds is 7. The maximum Gasteiger partial charge on any atom is 0.143 e. The number of likely N-dealkylation sites (tertiary alicyclic amines) is 1. The topological polar surface area (TPSA) is 73.0 Å². The van der Waals surface area contributed by atoms with Crippen LogP contribution in [0.5, 0.6) is 0 Å². The average molecular weight is 474 g/mol. The summed E-state index contributed by atoms with van der Waals surface area (Å²) in [5, 5.41) is 4.50. The fourth-order valence-electron chi connectivity index (χ4n) is 5.14. The van der Waals surface area contributed by atoms with Gasteiger partial charge < -0.3 is 15.2 Å². The van der Waals surface area contributed by atoms with Crippen molar-refractivity contribution in [2.45, 2.75) is 32.1 Å². The molecule has 0 amide bonds. The molecule has 7 nitrogen and oxygen atoms in total. The molecule has 6 rings (SSSR count). The smallest absolute Gasteiger partial charge is 0.143 e. The van der Waals surface area contributed by atoms with Gasteiger partial charge in [-0.05, 0) is 81.7 Å². The van der Waals surface area contributed by atoms with Crippen LogP contribution in [0.15, 0.2) is 42.2 Å². The largest absolute Gasteiger partial charge is 0.340 e. The monoisotopic (exact) mass is 473 g/mol. The van der Waals surface area contributed by atoms with Crippen LogP contribution in [0.4, 0.5) is 11.5 Å². The lowest BCUT2D eigenvalue weighted by atomic mass is 10.0. The molecule has 1 fully saturated rings. The first-order valence-corrected chi connectivity index (χ1v) is 13.3. The van der Waals surface area contributed by atoms with Crippen molar-refractivity contribution in [2.75, 3.05) is 44.6 Å². The summed E-state index contributed by atoms with van der Waals surface area (Å²) in [6, 6.07) is 8.41. The first-order chi connectivity index (χ1) is 16.8. The van der Waals surface area contributed by atoms with Crippen LogP contribution >= 0.6 is 11.3 Å². The van der Waals surface area contributed by atoms with Crippen LogP contribution in [0.1, 0.15) is 37.8 Å². The molecule has 0 radical (unpaired) electrons. The van der Waals surface area contributed by atoms with E-state index in [0.717, 1.165) is 58.0 Å². The Balaban J connectivity index is 1.12. The van der Waals surface area contributed by atoms with E-state index in [9.17, 15) is 0 Å². The molecule has 5 heterocycles. The average Bonchev–Trinajstić information content (AvgIpc) is 3.53. The lowest BCUT2D eigenvalue weighted by Crippen LogP contribution is -2.34. The van der Waals surface area contributed by atoms with Crippen molar-refractivity contribution >= 4 is 49.7 Å². The summed E-state index contributed by atoms with van der Waals surface area (Å²) in [4.78, 5) is 22.1. The van der Waals surface area contributed by atoms with Crippen molar-refractivity contribution in [3.8, 4) is 0 Å². The Bertz CT molecular complexity index is 1300. The van der Waals surface area contributed by atoms with Gasteiger partial charge in [-0.15, -0.1) is 11.3 Å². The molecule has 2 N–H and O–H groups in total. The quantitative estimate of drug-likeness (QED) is 0.381. The Labute approximate surface area is 203 Å². The standard InChI is InChI=1S/C26H31N7S/c1-2-9-32(10-3-1)11-4-12-33-13-7-19(8-14-33)23-16-21-25(27-17-28-26(21)31-23)30-20-5-6-22-24(15-20)34-18-29-22/h5-7,15-18H,1-4,8-14H2,(H2,27,28,30,31). The van der Waals surface area contributed by atoms with E-state index in [1.165, 1.54) is 57.4 Å². The lowest BCUT2D eigenvalue weighted by molar-refractivity contribution is 0.207. The molecule has 2 aliphatic heterocycles. The normalized spacial score (nSPS) is 17.9. The van der Waals surface area contributed by atoms with Gasteiger partial charge in [0.2, 0.25) is 0 Å². The van der Waals surface area contributed by atoms with Crippen molar-refractivity contribution in [1.29, 1.82) is 0 Å². The highest BCUT2D eigenvalue weighted by Gasteiger charge is 2.17. The van der Waals surface area contributed by atoms with Gasteiger partial charge in [-0.1, -0.05) is 12.5 Å². The fourth-order valence-corrected chi connectivity index (χ4v) is 5.86. The zero-order valence-electron chi connectivity index (χ0n) is 19.5. The minimum atomic E-state index is 0.826. The molecular formula is C26H31N7S. The van der Waals surface area contributed by atoms with Gasteiger partial charge >= 0.3 is 0 Å². The number of piperidine rings is 1. The van der Waals surface area contributed by atoms with E-state index in [4.69, 9.17) is 0 Å². The number of hydrogen-bond acceptors (Lipinski definition) is 7. The highest BCUT2D eigenvalue weighted by molar-refractivity contribution is 7.16. The van der Waals surface area contributed by atoms with E-state index in [0.29, 0.717) is 0 Å². The maximum atomic E-state index is 4.53. The molecule has 0 unspecified atom stereocenters. The van der Waals surface area contributed by atoms with Crippen LogP contribution in [-0.2, 0) is 0 Å². The second kappa shape index (κ2) is 9.82. The summed E-state index contributed by atoms with van der Waals surface area (Å²) in [6.07, 6.45) is 10.5. The van der Waals surface area contributed by atoms with Gasteiger partial charge in [0.1, 0.15) is 17.8 Å². The second-order valence-corrected chi connectivity index (χ2v) is 10.2. The number of fused-ring (bicyclic) bond motifs is 2. The van der Waals surface area contributed by atoms with Gasteiger partial charge in [0.25, 0.3) is 0 Å². The molecule has 0 bridgehead atoms. The maximum absolute atomic E-state index is 4.53. The Kier molecular flexibility index (Phi) is 6.27. The number of H-pyrrole nitrogens is 1. The molecule has 0 spiro atoms. The van der Waals surface area contributed by atoms with Gasteiger partial charge in [0.15, 0.2) is 0 Å². The summed E-state index contributed by atoms with van der Waals surface area (Å²) in [5.74, 6) is 0.826. The molecule has 8 heteroatoms. The van der Waals surface area contributed by atoms with Crippen LogP contribution in [-0.4, -0.2) is 69.0 Å². The van der Waals surface area contributed by atoms with Gasteiger partial charge in [-0.25, -0.2) is 15.0 Å². The Morgan fingerprint density at radius 1 is 0.971 bits per heavy atom. The number of thiazole rings is 1. The molecule has 176 valence electrons. The van der Waals surface area contributed by atoms with E-state index in [1.54, 1.807) is 17.7 Å². The van der Waals surface area contributed by atoms with E-state index < -0.39 is 0 Å². The molecule has 2 aliphatic rings. The summed E-state index contributed by atoms with van der Waals surface area (Å²) in [7, 11) is 0. The first kappa shape index (κ1) is 21.7. The fraction of sp³-hybridized carbons (Fsp3) is 0.423. The SMILES string of the molecule is C1=C(c2cc3c(Nc4ccc5ncsc5c4)ncnc3[nH]2)CCN(CCCN2CCCCC2)C1. The molecule has 1 aromatic carbocycles. The zero-order chi connectivity index (χ0) is 22.7. The Morgan fingerprint density at radius 2 is 1.88 bits per heavy atom. The molecule has 4 aromatic rings. The van der Waals surface area contributed by atoms with Crippen LogP contribution in [0.3, 0.4) is 0 Å². The summed E-state index contributed by atoms with van der Waals surface area (Å²) < 4.78 is 1.16. The van der Waals surface area contributed by atoms with Crippen LogP contribution < -0.4 is 5.32 Å². The van der Waals surface area contributed by atoms with E-state index in [-0.39, 0.29) is 0 Å². The highest BCUT2D eigenvalue weighted by atomic mass is 32.1. The van der Waals surface area contributed by atoms with E-state index >= 15 is 0 Å². The van der Waals surface area contributed by atoms with Crippen molar-refractivity contribution < 1.29 is 0 Å². The van der Waals surface area contributed by atoms with Gasteiger partial charge in [0.05, 0.1) is 21.1 Å². The Hall–Kier alpha value is -2.81. The molecule has 3 aromatic heterocycles. The molecule has 0 saturated carbocycles. The minimum Gasteiger partial charge on any atom is -0.340 e. The predicted octanol–water partition coefficient (Wildman–Crippen LogP) is 5.28. The molecular weight excluding hydrogens is 442 g/mol. The number of nitrogens with one attached hydrogen (secondary N) is 2. The molecule has 0 aliphatic carbocycles. The third kappa shape index (κ3) is 4.71. The number of aromatic amines is 1. The summed E-state index contributed by atoms with van der Waals surface area (Å²) in [6.45, 7) is 7.17. The molecule has 0 atom stereocenters. The van der Waals surface area contributed by atoms with Crippen LogP contribution in [0.2, 0.25) is 0 Å². The number of hydrogen-bond donors (Lipinski definition) is 2. The van der Waals surface area contributed by atoms with Crippen molar-refractivity contribution in [2.24, 2.45) is 0 Å². The molecule has 1 saturated heterocycles. The van der Waals surface area contributed by atoms with Crippen LogP contribution in [0.25, 0.3) is 26.8 Å². The predicted molar refractivity (Wildman–Crippen MR) is 141 cm³/mol. The van der Waals surface area contributed by atoms with Crippen molar-refractivity contribution in [3.05, 3.63) is 47.9 Å². The number of anilines is 2. The van der Waals surface area contributed by atoms with Gasteiger partial charge in [0, 0.05) is 24.5 Å². The third-order valence-electron chi connectivity index (χ3n) is 7.06. The minimum absolute atomic E-state index is 0.826. The highest BCUT2D eigenvalue weighted by Crippen LogP contribution is 2.30. The number of nitrogens with zero attached hydrogens (tertiary/aromatic N) is 5. The van der Waals surface area contributed by atoms with E-state index in [2.05, 4.69) is 53.3 Å². The summed E-state index contributed by atoms with van der Waals surface area (Å²) >= 11 is 1.65. The zero-order valence-corrected chi connectivity index (χ0v) is 20.3. The number of benzene rings is 1. The van der Waals surface area contributed by atoms with E-state index in [1.807, 2.05) is 17.6 Å². The van der Waals surface area contributed by atoms with Crippen molar-refractivity contribution in [3.63, 3.8) is 0 Å². The summed E-state index contributed by atoms with van der Waals surface area (Å²) in [5.41, 5.74) is 7.32. The van der Waals surface area contributed by atoms with Crippen molar-refractivity contribution in [1.82, 2.24) is 29.7 Å². The molecule has 34 heavy (non-hydrogen) atoms. The first-order valence-electron chi connectivity index (χ1n) is 12.4. The number of aromatic nitrogens is 4.